The van der Waals surface area contributed by atoms with Gasteiger partial charge in [-0.2, -0.15) is 0 Å². The van der Waals surface area contributed by atoms with Crippen molar-refractivity contribution in [3.8, 4) is 50.5 Å². The first-order valence-corrected chi connectivity index (χ1v) is 12.4. The van der Waals surface area contributed by atoms with Crippen molar-refractivity contribution in [1.29, 1.82) is 0 Å². The summed E-state index contributed by atoms with van der Waals surface area (Å²) >= 11 is 1.65. The van der Waals surface area contributed by atoms with Crippen LogP contribution in [0, 0.1) is 0 Å². The number of hydrogen-bond acceptors (Lipinski definition) is 5. The molecule has 6 heteroatoms. The Labute approximate surface area is 213 Å². The van der Waals surface area contributed by atoms with Crippen LogP contribution in [-0.4, -0.2) is 28.8 Å². The summed E-state index contributed by atoms with van der Waals surface area (Å²) in [7, 11) is 3.28. The van der Waals surface area contributed by atoms with Crippen LogP contribution in [0.2, 0.25) is 0 Å². The molecule has 0 bridgehead atoms. The highest BCUT2D eigenvalue weighted by molar-refractivity contribution is 7.20. The Morgan fingerprint density at radius 3 is 2.00 bits per heavy atom. The maximum Gasteiger partial charge on any atom is 0.196 e. The SMILES string of the molecule is COc1ccc(-c2nc(-c3ccccc3)c(-c3ccccc3)n2-c2nc3ccccc3s2)cc1OC. The van der Waals surface area contributed by atoms with Crippen molar-refractivity contribution in [3.05, 3.63) is 103 Å². The van der Waals surface area contributed by atoms with Gasteiger partial charge in [-0.1, -0.05) is 84.1 Å². The second kappa shape index (κ2) is 9.32. The fourth-order valence-electron chi connectivity index (χ4n) is 4.39. The van der Waals surface area contributed by atoms with Crippen molar-refractivity contribution in [3.63, 3.8) is 0 Å². The predicted molar refractivity (Wildman–Crippen MR) is 146 cm³/mol. The number of methoxy groups -OCH3 is 2. The summed E-state index contributed by atoms with van der Waals surface area (Å²) in [6, 6.07) is 34.7. The minimum Gasteiger partial charge on any atom is -0.493 e. The normalized spacial score (nSPS) is 11.1. The highest BCUT2D eigenvalue weighted by Gasteiger charge is 2.25. The Morgan fingerprint density at radius 2 is 1.31 bits per heavy atom. The number of rotatable bonds is 6. The largest absolute Gasteiger partial charge is 0.493 e. The molecule has 0 amide bonds. The minimum absolute atomic E-state index is 0.649. The second-order valence-corrected chi connectivity index (χ2v) is 9.24. The van der Waals surface area contributed by atoms with Gasteiger partial charge in [-0.15, -0.1) is 0 Å². The predicted octanol–water partition coefficient (Wildman–Crippen LogP) is 7.50. The Bertz CT molecular complexity index is 1620. The smallest absolute Gasteiger partial charge is 0.196 e. The van der Waals surface area contributed by atoms with E-state index in [4.69, 9.17) is 19.4 Å². The molecule has 0 fully saturated rings. The van der Waals surface area contributed by atoms with Gasteiger partial charge in [-0.25, -0.2) is 9.97 Å². The lowest BCUT2D eigenvalue weighted by Crippen LogP contribution is -2.00. The number of imidazole rings is 1. The maximum atomic E-state index is 5.62. The molecule has 0 aliphatic rings. The third-order valence-electron chi connectivity index (χ3n) is 6.09. The van der Waals surface area contributed by atoms with Crippen LogP contribution >= 0.6 is 11.3 Å². The number of ether oxygens (including phenoxy) is 2. The number of fused-ring (bicyclic) bond motifs is 1. The van der Waals surface area contributed by atoms with Gasteiger partial charge in [0.2, 0.25) is 0 Å². The second-order valence-electron chi connectivity index (χ2n) is 8.23. The van der Waals surface area contributed by atoms with E-state index in [1.807, 2.05) is 60.7 Å². The first-order valence-electron chi connectivity index (χ1n) is 11.6. The van der Waals surface area contributed by atoms with E-state index in [9.17, 15) is 0 Å². The minimum atomic E-state index is 0.649. The van der Waals surface area contributed by atoms with Crippen LogP contribution in [0.15, 0.2) is 103 Å². The van der Waals surface area contributed by atoms with Crippen LogP contribution < -0.4 is 9.47 Å². The lowest BCUT2D eigenvalue weighted by molar-refractivity contribution is 0.355. The van der Waals surface area contributed by atoms with E-state index in [-0.39, 0.29) is 0 Å². The fourth-order valence-corrected chi connectivity index (χ4v) is 5.37. The maximum absolute atomic E-state index is 5.62. The highest BCUT2D eigenvalue weighted by Crippen LogP contribution is 2.41. The lowest BCUT2D eigenvalue weighted by Gasteiger charge is -2.12. The first kappa shape index (κ1) is 22.1. The Hall–Kier alpha value is -4.42. The molecule has 176 valence electrons. The summed E-state index contributed by atoms with van der Waals surface area (Å²) in [5.74, 6) is 2.11. The zero-order chi connectivity index (χ0) is 24.5. The van der Waals surface area contributed by atoms with Crippen LogP contribution in [-0.2, 0) is 0 Å². The molecule has 0 aliphatic heterocycles. The first-order chi connectivity index (χ1) is 17.8. The van der Waals surface area contributed by atoms with E-state index in [2.05, 4.69) is 47.0 Å². The molecule has 0 saturated heterocycles. The molecule has 0 unspecified atom stereocenters. The third kappa shape index (κ3) is 3.82. The highest BCUT2D eigenvalue weighted by atomic mass is 32.1. The van der Waals surface area contributed by atoms with Gasteiger partial charge in [0, 0.05) is 16.7 Å². The summed E-state index contributed by atoms with van der Waals surface area (Å²) in [4.78, 5) is 10.3. The van der Waals surface area contributed by atoms with E-state index in [1.54, 1.807) is 25.6 Å². The average Bonchev–Trinajstić information content (AvgIpc) is 3.55. The van der Waals surface area contributed by atoms with Crippen LogP contribution in [0.1, 0.15) is 0 Å². The quantitative estimate of drug-likeness (QED) is 0.243. The molecule has 0 radical (unpaired) electrons. The number of aromatic nitrogens is 3. The number of hydrogen-bond donors (Lipinski definition) is 0. The molecule has 0 spiro atoms. The molecule has 0 atom stereocenters. The number of thiazole rings is 1. The summed E-state index contributed by atoms with van der Waals surface area (Å²) in [5, 5.41) is 0.856. The van der Waals surface area contributed by atoms with Crippen LogP contribution in [0.25, 0.3) is 49.3 Å². The lowest BCUT2D eigenvalue weighted by atomic mass is 10.0. The average molecular weight is 490 g/mol. The summed E-state index contributed by atoms with van der Waals surface area (Å²) < 4.78 is 14.4. The van der Waals surface area contributed by atoms with Gasteiger partial charge in [0.05, 0.1) is 35.8 Å². The van der Waals surface area contributed by atoms with Gasteiger partial charge in [0.15, 0.2) is 16.6 Å². The molecular formula is C30H23N3O2S. The zero-order valence-electron chi connectivity index (χ0n) is 19.9. The van der Waals surface area contributed by atoms with Crippen LogP contribution in [0.4, 0.5) is 0 Å². The monoisotopic (exact) mass is 489 g/mol. The van der Waals surface area contributed by atoms with Crippen molar-refractivity contribution in [1.82, 2.24) is 14.5 Å². The molecule has 2 aromatic heterocycles. The molecule has 5 nitrogen and oxygen atoms in total. The summed E-state index contributed by atoms with van der Waals surface area (Å²) in [6.07, 6.45) is 0. The van der Waals surface area contributed by atoms with Crippen molar-refractivity contribution >= 4 is 21.6 Å². The van der Waals surface area contributed by atoms with Gasteiger partial charge in [0.25, 0.3) is 0 Å². The fraction of sp³-hybridized carbons (Fsp3) is 0.0667. The molecule has 0 N–H and O–H groups in total. The molecule has 6 rings (SSSR count). The Morgan fingerprint density at radius 1 is 0.639 bits per heavy atom. The summed E-state index contributed by atoms with van der Waals surface area (Å²) in [5.41, 5.74) is 5.86. The van der Waals surface area contributed by atoms with Gasteiger partial charge in [-0.05, 0) is 30.3 Å². The van der Waals surface area contributed by atoms with E-state index in [1.165, 1.54) is 0 Å². The number of para-hydroxylation sites is 1. The topological polar surface area (TPSA) is 49.2 Å². The molecule has 6 aromatic rings. The van der Waals surface area contributed by atoms with E-state index in [0.29, 0.717) is 11.5 Å². The van der Waals surface area contributed by atoms with Crippen molar-refractivity contribution in [2.24, 2.45) is 0 Å². The molecule has 2 heterocycles. The van der Waals surface area contributed by atoms with Gasteiger partial charge in [0.1, 0.15) is 5.82 Å². The Balaban J connectivity index is 1.71. The molecule has 0 aliphatic carbocycles. The third-order valence-corrected chi connectivity index (χ3v) is 7.11. The standard InChI is InChI=1S/C30H23N3O2S/c1-34-24-18-17-22(19-25(24)35-2)29-32-27(20-11-5-3-6-12-20)28(21-13-7-4-8-14-21)33(29)30-31-23-15-9-10-16-26(23)36-30/h3-19H,1-2H3. The van der Waals surface area contributed by atoms with Crippen molar-refractivity contribution in [2.45, 2.75) is 0 Å². The number of nitrogens with zero attached hydrogens (tertiary/aromatic N) is 3. The molecule has 4 aromatic carbocycles. The van der Waals surface area contributed by atoms with Gasteiger partial charge < -0.3 is 9.47 Å². The van der Waals surface area contributed by atoms with Crippen LogP contribution in [0.3, 0.4) is 0 Å². The van der Waals surface area contributed by atoms with Crippen LogP contribution in [0.5, 0.6) is 11.5 Å². The van der Waals surface area contributed by atoms with Gasteiger partial charge in [-0.3, -0.25) is 4.57 Å². The zero-order valence-corrected chi connectivity index (χ0v) is 20.7. The molecule has 0 saturated carbocycles. The van der Waals surface area contributed by atoms with Crippen molar-refractivity contribution < 1.29 is 9.47 Å². The van der Waals surface area contributed by atoms with E-state index < -0.39 is 0 Å². The van der Waals surface area contributed by atoms with E-state index in [0.717, 1.165) is 49.3 Å². The Kier molecular flexibility index (Phi) is 5.71. The van der Waals surface area contributed by atoms with Crippen molar-refractivity contribution in [2.75, 3.05) is 14.2 Å². The number of benzene rings is 4. The molecule has 36 heavy (non-hydrogen) atoms. The molecular weight excluding hydrogens is 466 g/mol. The van der Waals surface area contributed by atoms with Gasteiger partial charge >= 0.3 is 0 Å². The summed E-state index contributed by atoms with van der Waals surface area (Å²) in [6.45, 7) is 0. The van der Waals surface area contributed by atoms with E-state index >= 15 is 0 Å².